The number of fused-ring (bicyclic) bond motifs is 1. The second-order valence-electron chi connectivity index (χ2n) is 6.20. The molecule has 0 bridgehead atoms. The minimum Gasteiger partial charge on any atom is -0.375 e. The second kappa shape index (κ2) is 7.03. The van der Waals surface area contributed by atoms with Crippen molar-refractivity contribution in [2.24, 2.45) is 0 Å². The summed E-state index contributed by atoms with van der Waals surface area (Å²) in [6, 6.07) is 0. The molecule has 1 saturated heterocycles. The molecule has 0 unspecified atom stereocenters. The SMILES string of the molecule is CC[C@@H]1CN(C(=O)CCn2cnc3sc(C)c(C)c3c2=O)CCO1. The summed E-state index contributed by atoms with van der Waals surface area (Å²) in [6.45, 7) is 8.23. The lowest BCUT2D eigenvalue weighted by Gasteiger charge is -2.32. The Morgan fingerprint density at radius 1 is 1.46 bits per heavy atom. The van der Waals surface area contributed by atoms with Crippen LogP contribution >= 0.6 is 11.3 Å². The third-order valence-corrected chi connectivity index (χ3v) is 5.78. The van der Waals surface area contributed by atoms with E-state index in [-0.39, 0.29) is 17.6 Å². The molecule has 2 aromatic heterocycles. The van der Waals surface area contributed by atoms with E-state index in [2.05, 4.69) is 11.9 Å². The fourth-order valence-corrected chi connectivity index (χ4v) is 3.98. The molecule has 3 heterocycles. The predicted octanol–water partition coefficient (Wildman–Crippen LogP) is 2.10. The minimum absolute atomic E-state index is 0.0527. The van der Waals surface area contributed by atoms with Gasteiger partial charge in [-0.2, -0.15) is 0 Å². The van der Waals surface area contributed by atoms with Crippen molar-refractivity contribution in [1.82, 2.24) is 14.5 Å². The number of aromatic nitrogens is 2. The van der Waals surface area contributed by atoms with Crippen LogP contribution in [0.3, 0.4) is 0 Å². The van der Waals surface area contributed by atoms with Crippen LogP contribution in [0, 0.1) is 13.8 Å². The number of carbonyl (C=O) groups excluding carboxylic acids is 1. The number of aryl methyl sites for hydroxylation is 3. The molecule has 130 valence electrons. The third kappa shape index (κ3) is 3.23. The van der Waals surface area contributed by atoms with E-state index in [4.69, 9.17) is 4.74 Å². The van der Waals surface area contributed by atoms with Gasteiger partial charge in [0.05, 0.1) is 24.4 Å². The lowest BCUT2D eigenvalue weighted by molar-refractivity contribution is -0.139. The Labute approximate surface area is 145 Å². The molecule has 0 radical (unpaired) electrons. The molecular weight excluding hydrogens is 326 g/mol. The molecule has 1 amide bonds. The first kappa shape index (κ1) is 17.1. The highest BCUT2D eigenvalue weighted by molar-refractivity contribution is 7.18. The van der Waals surface area contributed by atoms with Gasteiger partial charge in [-0.25, -0.2) is 4.98 Å². The summed E-state index contributed by atoms with van der Waals surface area (Å²) in [4.78, 5) is 33.2. The number of hydrogen-bond acceptors (Lipinski definition) is 5. The zero-order chi connectivity index (χ0) is 17.3. The number of thiophene rings is 1. The number of amides is 1. The molecule has 1 fully saturated rings. The predicted molar refractivity (Wildman–Crippen MR) is 94.6 cm³/mol. The molecule has 6 nitrogen and oxygen atoms in total. The van der Waals surface area contributed by atoms with Gasteiger partial charge in [-0.15, -0.1) is 11.3 Å². The van der Waals surface area contributed by atoms with Crippen molar-refractivity contribution >= 4 is 27.5 Å². The summed E-state index contributed by atoms with van der Waals surface area (Å²) in [7, 11) is 0. The lowest BCUT2D eigenvalue weighted by Crippen LogP contribution is -2.45. The van der Waals surface area contributed by atoms with Crippen molar-refractivity contribution in [1.29, 1.82) is 0 Å². The summed E-state index contributed by atoms with van der Waals surface area (Å²) < 4.78 is 7.15. The Kier molecular flexibility index (Phi) is 5.01. The number of ether oxygens (including phenoxy) is 1. The molecule has 3 rings (SSSR count). The number of carbonyl (C=O) groups is 1. The van der Waals surface area contributed by atoms with Gasteiger partial charge in [-0.1, -0.05) is 6.92 Å². The molecule has 0 spiro atoms. The van der Waals surface area contributed by atoms with E-state index in [0.717, 1.165) is 21.7 Å². The van der Waals surface area contributed by atoms with E-state index in [9.17, 15) is 9.59 Å². The fraction of sp³-hybridized carbons (Fsp3) is 0.588. The average Bonchev–Trinajstić information content (AvgIpc) is 2.89. The normalized spacial score (nSPS) is 18.3. The first-order chi connectivity index (χ1) is 11.5. The van der Waals surface area contributed by atoms with Crippen molar-refractivity contribution in [3.63, 3.8) is 0 Å². The van der Waals surface area contributed by atoms with Crippen LogP contribution in [0.5, 0.6) is 0 Å². The maximum atomic E-state index is 12.6. The van der Waals surface area contributed by atoms with Crippen LogP contribution in [-0.4, -0.2) is 46.2 Å². The molecule has 0 saturated carbocycles. The second-order valence-corrected chi connectivity index (χ2v) is 7.40. The smallest absolute Gasteiger partial charge is 0.262 e. The van der Waals surface area contributed by atoms with Gasteiger partial charge in [-0.05, 0) is 25.8 Å². The minimum atomic E-state index is -0.0527. The van der Waals surface area contributed by atoms with Gasteiger partial charge in [0.2, 0.25) is 5.91 Å². The van der Waals surface area contributed by atoms with Gasteiger partial charge in [0.15, 0.2) is 0 Å². The van der Waals surface area contributed by atoms with Gasteiger partial charge in [0.1, 0.15) is 4.83 Å². The third-order valence-electron chi connectivity index (χ3n) is 4.67. The van der Waals surface area contributed by atoms with Crippen molar-refractivity contribution in [3.8, 4) is 0 Å². The Balaban J connectivity index is 1.71. The van der Waals surface area contributed by atoms with Gasteiger partial charge < -0.3 is 9.64 Å². The number of hydrogen-bond donors (Lipinski definition) is 0. The van der Waals surface area contributed by atoms with Crippen molar-refractivity contribution in [2.45, 2.75) is 46.3 Å². The molecule has 1 atom stereocenters. The van der Waals surface area contributed by atoms with Crippen molar-refractivity contribution in [2.75, 3.05) is 19.7 Å². The summed E-state index contributed by atoms with van der Waals surface area (Å²) in [5.41, 5.74) is 0.940. The number of nitrogens with zero attached hydrogens (tertiary/aromatic N) is 3. The highest BCUT2D eigenvalue weighted by Gasteiger charge is 2.23. The van der Waals surface area contributed by atoms with Crippen LogP contribution in [0.25, 0.3) is 10.2 Å². The van der Waals surface area contributed by atoms with Gasteiger partial charge in [-0.3, -0.25) is 14.2 Å². The zero-order valence-corrected chi connectivity index (χ0v) is 15.2. The molecule has 1 aliphatic heterocycles. The highest BCUT2D eigenvalue weighted by atomic mass is 32.1. The van der Waals surface area contributed by atoms with Gasteiger partial charge >= 0.3 is 0 Å². The summed E-state index contributed by atoms with van der Waals surface area (Å²) in [5, 5.41) is 0.685. The van der Waals surface area contributed by atoms with Crippen LogP contribution in [0.1, 0.15) is 30.2 Å². The molecule has 24 heavy (non-hydrogen) atoms. The highest BCUT2D eigenvalue weighted by Crippen LogP contribution is 2.25. The zero-order valence-electron chi connectivity index (χ0n) is 14.4. The summed E-state index contributed by atoms with van der Waals surface area (Å²) in [5.74, 6) is 0.0713. The van der Waals surface area contributed by atoms with E-state index in [1.807, 2.05) is 18.7 Å². The summed E-state index contributed by atoms with van der Waals surface area (Å²) in [6.07, 6.45) is 2.90. The molecule has 0 aliphatic carbocycles. The van der Waals surface area contributed by atoms with E-state index in [1.165, 1.54) is 11.3 Å². The maximum Gasteiger partial charge on any atom is 0.262 e. The lowest BCUT2D eigenvalue weighted by atomic mass is 10.2. The van der Waals surface area contributed by atoms with Crippen molar-refractivity contribution < 1.29 is 9.53 Å². The summed E-state index contributed by atoms with van der Waals surface area (Å²) >= 11 is 1.54. The molecular formula is C17H23N3O3S. The Morgan fingerprint density at radius 3 is 3.00 bits per heavy atom. The topological polar surface area (TPSA) is 64.4 Å². The average molecular weight is 349 g/mol. The monoisotopic (exact) mass is 349 g/mol. The quantitative estimate of drug-likeness (QED) is 0.848. The van der Waals surface area contributed by atoms with Crippen LogP contribution in [0.15, 0.2) is 11.1 Å². The van der Waals surface area contributed by atoms with E-state index in [1.54, 1.807) is 10.9 Å². The van der Waals surface area contributed by atoms with E-state index in [0.29, 0.717) is 38.0 Å². The fourth-order valence-electron chi connectivity index (χ4n) is 3.00. The molecule has 1 aliphatic rings. The number of morpholine rings is 1. The Hall–Kier alpha value is -1.73. The van der Waals surface area contributed by atoms with Gasteiger partial charge in [0, 0.05) is 30.9 Å². The first-order valence-corrected chi connectivity index (χ1v) is 9.17. The molecule has 0 aromatic carbocycles. The standard InChI is InChI=1S/C17H23N3O3S/c1-4-13-9-19(7-8-23-13)14(21)5-6-20-10-18-16-15(17(20)22)11(2)12(3)24-16/h10,13H,4-9H2,1-3H3/t13-/m1/s1. The van der Waals surface area contributed by atoms with E-state index < -0.39 is 0 Å². The largest absolute Gasteiger partial charge is 0.375 e. The van der Waals surface area contributed by atoms with Crippen LogP contribution in [0.2, 0.25) is 0 Å². The Morgan fingerprint density at radius 2 is 2.25 bits per heavy atom. The van der Waals surface area contributed by atoms with Crippen LogP contribution in [0.4, 0.5) is 0 Å². The number of rotatable bonds is 4. The first-order valence-electron chi connectivity index (χ1n) is 8.35. The van der Waals surface area contributed by atoms with Crippen LogP contribution < -0.4 is 5.56 Å². The van der Waals surface area contributed by atoms with Gasteiger partial charge in [0.25, 0.3) is 5.56 Å². The molecule has 0 N–H and O–H groups in total. The van der Waals surface area contributed by atoms with Crippen molar-refractivity contribution in [3.05, 3.63) is 27.1 Å². The van der Waals surface area contributed by atoms with Crippen LogP contribution in [-0.2, 0) is 16.1 Å². The Bertz CT molecular complexity index is 811. The van der Waals surface area contributed by atoms with E-state index >= 15 is 0 Å². The molecule has 2 aromatic rings. The maximum absolute atomic E-state index is 12.6. The molecule has 7 heteroatoms.